The molecule has 60 valence electrons. The van der Waals surface area contributed by atoms with Crippen LogP contribution in [0.25, 0.3) is 0 Å². The van der Waals surface area contributed by atoms with E-state index in [4.69, 9.17) is 5.11 Å². The number of carbonyl (C=O) groups is 1. The van der Waals surface area contributed by atoms with E-state index in [-0.39, 0.29) is 6.54 Å². The van der Waals surface area contributed by atoms with Gasteiger partial charge in [-0.3, -0.25) is 4.79 Å². The van der Waals surface area contributed by atoms with E-state index in [0.717, 1.165) is 6.54 Å². The molecule has 0 aromatic carbocycles. The summed E-state index contributed by atoms with van der Waals surface area (Å²) in [7, 11) is 0. The van der Waals surface area contributed by atoms with Crippen LogP contribution in [-0.4, -0.2) is 29.1 Å². The Morgan fingerprint density at radius 3 is 3.09 bits per heavy atom. The van der Waals surface area contributed by atoms with E-state index < -0.39 is 5.97 Å². The van der Waals surface area contributed by atoms with Crippen molar-refractivity contribution < 1.29 is 9.90 Å². The smallest absolute Gasteiger partial charge is 0.323 e. The summed E-state index contributed by atoms with van der Waals surface area (Å²) < 4.78 is 0. The zero-order valence-electron chi connectivity index (χ0n) is 6.45. The number of hydrogen-bond donors (Lipinski definition) is 1. The highest BCUT2D eigenvalue weighted by atomic mass is 16.4. The van der Waals surface area contributed by atoms with Gasteiger partial charge in [0.15, 0.2) is 0 Å². The van der Waals surface area contributed by atoms with Crippen LogP contribution in [0.15, 0.2) is 23.9 Å². The molecule has 0 aromatic heterocycles. The van der Waals surface area contributed by atoms with Crippen LogP contribution < -0.4 is 0 Å². The normalized spacial score (nSPS) is 16.5. The molecule has 1 aliphatic rings. The van der Waals surface area contributed by atoms with E-state index in [1.54, 1.807) is 11.1 Å². The third kappa shape index (κ3) is 2.45. The van der Waals surface area contributed by atoms with Gasteiger partial charge < -0.3 is 10.0 Å². The zero-order valence-corrected chi connectivity index (χ0v) is 6.45. The maximum absolute atomic E-state index is 10.3. The molecule has 1 N–H and O–H groups in total. The van der Waals surface area contributed by atoms with Gasteiger partial charge in [-0.1, -0.05) is 11.6 Å². The summed E-state index contributed by atoms with van der Waals surface area (Å²) in [6.07, 6.45) is 5.64. The van der Waals surface area contributed by atoms with Crippen molar-refractivity contribution in [3.63, 3.8) is 0 Å². The first-order valence-electron chi connectivity index (χ1n) is 3.48. The SMILES string of the molecule is CC1=CC=CN(CC(=O)O)C1. The molecule has 1 aliphatic heterocycles. The van der Waals surface area contributed by atoms with Crippen molar-refractivity contribution >= 4 is 5.97 Å². The number of hydrogen-bond acceptors (Lipinski definition) is 2. The Hall–Kier alpha value is -1.25. The number of carboxylic acids is 1. The van der Waals surface area contributed by atoms with Gasteiger partial charge in [-0.05, 0) is 19.2 Å². The lowest BCUT2D eigenvalue weighted by Crippen LogP contribution is -2.27. The van der Waals surface area contributed by atoms with Crippen LogP contribution in [0, 0.1) is 0 Å². The van der Waals surface area contributed by atoms with Gasteiger partial charge in [0.1, 0.15) is 6.54 Å². The third-order valence-electron chi connectivity index (χ3n) is 1.47. The van der Waals surface area contributed by atoms with Crippen LogP contribution in [0.5, 0.6) is 0 Å². The Morgan fingerprint density at radius 2 is 2.55 bits per heavy atom. The molecule has 11 heavy (non-hydrogen) atoms. The monoisotopic (exact) mass is 153 g/mol. The summed E-state index contributed by atoms with van der Waals surface area (Å²) in [6, 6.07) is 0. The Labute approximate surface area is 65.6 Å². The summed E-state index contributed by atoms with van der Waals surface area (Å²) in [5, 5.41) is 8.46. The molecule has 0 spiro atoms. The van der Waals surface area contributed by atoms with Gasteiger partial charge in [-0.15, -0.1) is 0 Å². The molecule has 0 aliphatic carbocycles. The topological polar surface area (TPSA) is 40.5 Å². The lowest BCUT2D eigenvalue weighted by atomic mass is 10.2. The molecule has 0 atom stereocenters. The highest BCUT2D eigenvalue weighted by molar-refractivity contribution is 5.69. The first-order valence-corrected chi connectivity index (χ1v) is 3.48. The molecule has 0 saturated carbocycles. The molecule has 0 radical (unpaired) electrons. The van der Waals surface area contributed by atoms with Gasteiger partial charge in [0.05, 0.1) is 0 Å². The summed E-state index contributed by atoms with van der Waals surface area (Å²) in [5.74, 6) is -0.788. The second-order valence-electron chi connectivity index (χ2n) is 2.65. The Balaban J connectivity index is 2.46. The minimum atomic E-state index is -0.788. The largest absolute Gasteiger partial charge is 0.480 e. The van der Waals surface area contributed by atoms with Gasteiger partial charge >= 0.3 is 5.97 Å². The molecular weight excluding hydrogens is 142 g/mol. The van der Waals surface area contributed by atoms with Crippen molar-refractivity contribution in [1.29, 1.82) is 0 Å². The van der Waals surface area contributed by atoms with Crippen molar-refractivity contribution in [1.82, 2.24) is 4.90 Å². The van der Waals surface area contributed by atoms with E-state index >= 15 is 0 Å². The fourth-order valence-corrected chi connectivity index (χ4v) is 1.04. The highest BCUT2D eigenvalue weighted by Crippen LogP contribution is 2.04. The Morgan fingerprint density at radius 1 is 1.82 bits per heavy atom. The van der Waals surface area contributed by atoms with E-state index in [0.29, 0.717) is 0 Å². The van der Waals surface area contributed by atoms with Crippen LogP contribution in [0.4, 0.5) is 0 Å². The average Bonchev–Trinajstić information content (AvgIpc) is 1.85. The fraction of sp³-hybridized carbons (Fsp3) is 0.375. The van der Waals surface area contributed by atoms with Crippen molar-refractivity contribution in [3.8, 4) is 0 Å². The first-order chi connectivity index (χ1) is 5.18. The second kappa shape index (κ2) is 3.23. The fourth-order valence-electron chi connectivity index (χ4n) is 1.04. The van der Waals surface area contributed by atoms with Crippen molar-refractivity contribution in [2.75, 3.05) is 13.1 Å². The lowest BCUT2D eigenvalue weighted by molar-refractivity contribution is -0.137. The summed E-state index contributed by atoms with van der Waals surface area (Å²) in [6.45, 7) is 2.79. The summed E-state index contributed by atoms with van der Waals surface area (Å²) in [5.41, 5.74) is 1.19. The summed E-state index contributed by atoms with van der Waals surface area (Å²) >= 11 is 0. The van der Waals surface area contributed by atoms with Gasteiger partial charge in [0.2, 0.25) is 0 Å². The second-order valence-corrected chi connectivity index (χ2v) is 2.65. The zero-order chi connectivity index (χ0) is 8.27. The van der Waals surface area contributed by atoms with Crippen molar-refractivity contribution in [2.45, 2.75) is 6.92 Å². The first kappa shape index (κ1) is 7.85. The number of carboxylic acid groups (broad SMARTS) is 1. The van der Waals surface area contributed by atoms with Crippen molar-refractivity contribution in [2.24, 2.45) is 0 Å². The van der Waals surface area contributed by atoms with E-state index in [1.807, 2.05) is 19.1 Å². The molecule has 0 saturated heterocycles. The van der Waals surface area contributed by atoms with Gasteiger partial charge in [-0.2, -0.15) is 0 Å². The molecule has 3 heteroatoms. The predicted octanol–water partition coefficient (Wildman–Crippen LogP) is 0.847. The van der Waals surface area contributed by atoms with E-state index in [1.165, 1.54) is 5.57 Å². The lowest BCUT2D eigenvalue weighted by Gasteiger charge is -2.20. The molecule has 0 bridgehead atoms. The van der Waals surface area contributed by atoms with Crippen molar-refractivity contribution in [3.05, 3.63) is 23.9 Å². The van der Waals surface area contributed by atoms with Crippen LogP contribution in [0.1, 0.15) is 6.92 Å². The van der Waals surface area contributed by atoms with Crippen LogP contribution in [0.3, 0.4) is 0 Å². The quantitative estimate of drug-likeness (QED) is 0.639. The maximum Gasteiger partial charge on any atom is 0.323 e. The molecule has 0 amide bonds. The van der Waals surface area contributed by atoms with Gasteiger partial charge in [-0.25, -0.2) is 0 Å². The molecular formula is C8H11NO2. The molecule has 3 nitrogen and oxygen atoms in total. The van der Waals surface area contributed by atoms with Crippen LogP contribution >= 0.6 is 0 Å². The maximum atomic E-state index is 10.3. The Kier molecular flexibility index (Phi) is 2.31. The summed E-state index contributed by atoms with van der Waals surface area (Å²) in [4.78, 5) is 12.0. The van der Waals surface area contributed by atoms with Crippen LogP contribution in [0.2, 0.25) is 0 Å². The number of rotatable bonds is 2. The third-order valence-corrected chi connectivity index (χ3v) is 1.47. The molecule has 0 aromatic rings. The standard InChI is InChI=1S/C8H11NO2/c1-7-3-2-4-9(5-7)6-8(10)11/h2-4H,5-6H2,1H3,(H,10,11). The van der Waals surface area contributed by atoms with Crippen LogP contribution in [-0.2, 0) is 4.79 Å². The molecule has 1 heterocycles. The number of aliphatic carboxylic acids is 1. The van der Waals surface area contributed by atoms with E-state index in [9.17, 15) is 4.79 Å². The number of nitrogens with zero attached hydrogens (tertiary/aromatic N) is 1. The number of allylic oxidation sites excluding steroid dienone is 2. The average molecular weight is 153 g/mol. The highest BCUT2D eigenvalue weighted by Gasteiger charge is 2.06. The minimum absolute atomic E-state index is 0.0850. The molecule has 0 unspecified atom stereocenters. The minimum Gasteiger partial charge on any atom is -0.480 e. The molecule has 0 fully saturated rings. The molecule has 1 rings (SSSR count). The van der Waals surface area contributed by atoms with Gasteiger partial charge in [0, 0.05) is 6.54 Å². The van der Waals surface area contributed by atoms with E-state index in [2.05, 4.69) is 0 Å². The van der Waals surface area contributed by atoms with Gasteiger partial charge in [0.25, 0.3) is 0 Å². The Bertz CT molecular complexity index is 216. The predicted molar refractivity (Wildman–Crippen MR) is 42.1 cm³/mol.